The Balaban J connectivity index is 1.74. The lowest BCUT2D eigenvalue weighted by Gasteiger charge is -2.21. The summed E-state index contributed by atoms with van der Waals surface area (Å²) in [6.45, 7) is 5.44. The minimum Gasteiger partial charge on any atom is -0.380 e. The van der Waals surface area contributed by atoms with Crippen LogP contribution < -0.4 is 5.73 Å². The standard InChI is InChI=1S/C18H24N4O2/c1-12-8-13(2)22(20-12)15-6-4-14(5-7-15)10-21-11-16(24-3)9-17(21)18(19)23/h4-8,16-17H,9-11H2,1-3H3,(H2,19,23)/t16-,17-/m0/s1. The second kappa shape index (κ2) is 6.75. The van der Waals surface area contributed by atoms with Crippen molar-refractivity contribution >= 4 is 5.91 Å². The molecule has 2 atom stereocenters. The highest BCUT2D eigenvalue weighted by molar-refractivity contribution is 5.80. The van der Waals surface area contributed by atoms with Crippen LogP contribution >= 0.6 is 0 Å². The average Bonchev–Trinajstić information content (AvgIpc) is 3.11. The van der Waals surface area contributed by atoms with Crippen LogP contribution in [0.1, 0.15) is 23.4 Å². The molecule has 1 fully saturated rings. The van der Waals surface area contributed by atoms with Crippen molar-refractivity contribution in [1.29, 1.82) is 0 Å². The summed E-state index contributed by atoms with van der Waals surface area (Å²) in [6, 6.07) is 10.1. The SMILES string of the molecule is CO[C@H]1C[C@@H](C(N)=O)N(Cc2ccc(-n3nc(C)cc3C)cc2)C1. The van der Waals surface area contributed by atoms with Crippen LogP contribution in [0, 0.1) is 13.8 Å². The van der Waals surface area contributed by atoms with E-state index in [1.807, 2.05) is 18.5 Å². The number of carbonyl (C=O) groups excluding carboxylic acids is 1. The zero-order valence-corrected chi connectivity index (χ0v) is 14.4. The molecule has 0 saturated carbocycles. The molecule has 0 radical (unpaired) electrons. The van der Waals surface area contributed by atoms with Crippen LogP contribution in [0.4, 0.5) is 0 Å². The first kappa shape index (κ1) is 16.7. The summed E-state index contributed by atoms with van der Waals surface area (Å²) in [5.41, 5.74) is 9.82. The largest absolute Gasteiger partial charge is 0.380 e. The van der Waals surface area contributed by atoms with Gasteiger partial charge < -0.3 is 10.5 Å². The van der Waals surface area contributed by atoms with Crippen molar-refractivity contribution in [3.8, 4) is 5.69 Å². The smallest absolute Gasteiger partial charge is 0.234 e. The first-order chi connectivity index (χ1) is 11.5. The van der Waals surface area contributed by atoms with Gasteiger partial charge in [0.2, 0.25) is 5.91 Å². The molecule has 2 heterocycles. The van der Waals surface area contributed by atoms with Crippen LogP contribution in [-0.2, 0) is 16.1 Å². The number of nitrogens with zero attached hydrogens (tertiary/aromatic N) is 3. The van der Waals surface area contributed by atoms with Crippen LogP contribution in [-0.4, -0.2) is 46.4 Å². The lowest BCUT2D eigenvalue weighted by molar-refractivity contribution is -0.122. The Morgan fingerprint density at radius 2 is 2.04 bits per heavy atom. The Morgan fingerprint density at radius 3 is 2.58 bits per heavy atom. The minimum absolute atomic E-state index is 0.0662. The Kier molecular flexibility index (Phi) is 4.69. The van der Waals surface area contributed by atoms with Crippen molar-refractivity contribution < 1.29 is 9.53 Å². The van der Waals surface area contributed by atoms with Crippen molar-refractivity contribution in [2.24, 2.45) is 5.73 Å². The van der Waals surface area contributed by atoms with Gasteiger partial charge in [-0.2, -0.15) is 5.10 Å². The summed E-state index contributed by atoms with van der Waals surface area (Å²) in [5.74, 6) is -0.284. The number of carbonyl (C=O) groups is 1. The van der Waals surface area contributed by atoms with Crippen molar-refractivity contribution in [2.75, 3.05) is 13.7 Å². The van der Waals surface area contributed by atoms with Gasteiger partial charge in [-0.15, -0.1) is 0 Å². The van der Waals surface area contributed by atoms with Gasteiger partial charge in [0.05, 0.1) is 23.5 Å². The van der Waals surface area contributed by atoms with E-state index < -0.39 is 0 Å². The fourth-order valence-electron chi connectivity index (χ4n) is 3.37. The maximum Gasteiger partial charge on any atom is 0.234 e. The number of benzene rings is 1. The summed E-state index contributed by atoms with van der Waals surface area (Å²) >= 11 is 0. The van der Waals surface area contributed by atoms with Gasteiger partial charge in [0.1, 0.15) is 0 Å². The lowest BCUT2D eigenvalue weighted by Crippen LogP contribution is -2.39. The van der Waals surface area contributed by atoms with Gasteiger partial charge >= 0.3 is 0 Å². The van der Waals surface area contributed by atoms with Gasteiger partial charge in [-0.1, -0.05) is 12.1 Å². The first-order valence-corrected chi connectivity index (χ1v) is 8.16. The van der Waals surface area contributed by atoms with Crippen molar-refractivity contribution in [1.82, 2.24) is 14.7 Å². The molecule has 24 heavy (non-hydrogen) atoms. The number of amides is 1. The zero-order valence-electron chi connectivity index (χ0n) is 14.4. The molecule has 3 rings (SSSR count). The van der Waals surface area contributed by atoms with Gasteiger partial charge in [0.15, 0.2) is 0 Å². The number of rotatable bonds is 5. The summed E-state index contributed by atoms with van der Waals surface area (Å²) in [7, 11) is 1.68. The highest BCUT2D eigenvalue weighted by Gasteiger charge is 2.35. The number of aryl methyl sites for hydroxylation is 2. The number of ether oxygens (including phenoxy) is 1. The van der Waals surface area contributed by atoms with Gasteiger partial charge in [-0.3, -0.25) is 9.69 Å². The van der Waals surface area contributed by atoms with E-state index in [1.54, 1.807) is 7.11 Å². The molecular weight excluding hydrogens is 304 g/mol. The lowest BCUT2D eigenvalue weighted by atomic mass is 10.1. The van der Waals surface area contributed by atoms with Crippen LogP contribution in [0.15, 0.2) is 30.3 Å². The summed E-state index contributed by atoms with van der Waals surface area (Å²) in [4.78, 5) is 13.7. The third-order valence-electron chi connectivity index (χ3n) is 4.60. The Hall–Kier alpha value is -2.18. The van der Waals surface area contributed by atoms with Gasteiger partial charge in [0.25, 0.3) is 0 Å². The van der Waals surface area contributed by atoms with E-state index in [-0.39, 0.29) is 18.1 Å². The Bertz CT molecular complexity index is 723. The third-order valence-corrected chi connectivity index (χ3v) is 4.60. The highest BCUT2D eigenvalue weighted by Crippen LogP contribution is 2.23. The maximum absolute atomic E-state index is 11.7. The summed E-state index contributed by atoms with van der Waals surface area (Å²) in [6.07, 6.45) is 0.729. The Morgan fingerprint density at radius 1 is 1.33 bits per heavy atom. The van der Waals surface area contributed by atoms with Crippen LogP contribution in [0.25, 0.3) is 5.69 Å². The summed E-state index contributed by atoms with van der Waals surface area (Å²) in [5, 5.41) is 4.50. The molecule has 0 spiro atoms. The fourth-order valence-corrected chi connectivity index (χ4v) is 3.37. The van der Waals surface area contributed by atoms with E-state index in [0.717, 1.165) is 29.2 Å². The quantitative estimate of drug-likeness (QED) is 0.904. The Labute approximate surface area is 142 Å². The number of hydrogen-bond acceptors (Lipinski definition) is 4. The average molecular weight is 328 g/mol. The molecule has 6 heteroatoms. The molecule has 0 unspecified atom stereocenters. The highest BCUT2D eigenvalue weighted by atomic mass is 16.5. The van der Waals surface area contributed by atoms with Crippen LogP contribution in [0.2, 0.25) is 0 Å². The topological polar surface area (TPSA) is 73.4 Å². The first-order valence-electron chi connectivity index (χ1n) is 8.16. The van der Waals surface area contributed by atoms with E-state index in [9.17, 15) is 4.79 Å². The third kappa shape index (κ3) is 3.34. The number of likely N-dealkylation sites (tertiary alicyclic amines) is 1. The van der Waals surface area contributed by atoms with Crippen molar-refractivity contribution in [2.45, 2.75) is 39.0 Å². The van der Waals surface area contributed by atoms with Gasteiger partial charge in [0, 0.05) is 25.9 Å². The van der Waals surface area contributed by atoms with Gasteiger partial charge in [-0.05, 0) is 44.0 Å². The molecule has 1 aliphatic heterocycles. The van der Waals surface area contributed by atoms with Crippen molar-refractivity contribution in [3.63, 3.8) is 0 Å². The van der Waals surface area contributed by atoms with E-state index in [4.69, 9.17) is 10.5 Å². The molecule has 2 aromatic rings. The second-order valence-electron chi connectivity index (χ2n) is 6.45. The van der Waals surface area contributed by atoms with Crippen LogP contribution in [0.3, 0.4) is 0 Å². The van der Waals surface area contributed by atoms with Gasteiger partial charge in [-0.25, -0.2) is 4.68 Å². The number of nitrogens with two attached hydrogens (primary N) is 1. The molecule has 128 valence electrons. The van der Waals surface area contributed by atoms with E-state index in [2.05, 4.69) is 40.3 Å². The maximum atomic E-state index is 11.7. The number of methoxy groups -OCH3 is 1. The molecule has 2 N–H and O–H groups in total. The fraction of sp³-hybridized carbons (Fsp3) is 0.444. The molecule has 6 nitrogen and oxygen atoms in total. The molecule has 1 aromatic heterocycles. The van der Waals surface area contributed by atoms with Crippen LogP contribution in [0.5, 0.6) is 0 Å². The summed E-state index contributed by atoms with van der Waals surface area (Å²) < 4.78 is 7.32. The van der Waals surface area contributed by atoms with E-state index >= 15 is 0 Å². The molecular formula is C18H24N4O2. The van der Waals surface area contributed by atoms with E-state index in [0.29, 0.717) is 13.0 Å². The molecule has 1 aromatic carbocycles. The van der Waals surface area contributed by atoms with Crippen molar-refractivity contribution in [3.05, 3.63) is 47.3 Å². The number of primary amides is 1. The normalized spacial score (nSPS) is 21.3. The molecule has 1 aliphatic rings. The molecule has 1 saturated heterocycles. The number of hydrogen-bond donors (Lipinski definition) is 1. The van der Waals surface area contributed by atoms with E-state index in [1.165, 1.54) is 0 Å². The molecule has 1 amide bonds. The second-order valence-corrected chi connectivity index (χ2v) is 6.45. The minimum atomic E-state index is -0.284. The monoisotopic (exact) mass is 328 g/mol. The molecule has 0 aliphatic carbocycles. The predicted octanol–water partition coefficient (Wildman–Crippen LogP) is 1.56. The number of aromatic nitrogens is 2. The predicted molar refractivity (Wildman–Crippen MR) is 91.8 cm³/mol. The zero-order chi connectivity index (χ0) is 17.3. The molecule has 0 bridgehead atoms.